The van der Waals surface area contributed by atoms with Crippen molar-refractivity contribution in [3.8, 4) is 5.75 Å². The molecule has 66 valence electrons. The van der Waals surface area contributed by atoms with Crippen molar-refractivity contribution in [2.24, 2.45) is 5.73 Å². The van der Waals surface area contributed by atoms with Crippen LogP contribution in [0.1, 0.15) is 10.4 Å². The predicted octanol–water partition coefficient (Wildman–Crippen LogP) is 1.10. The van der Waals surface area contributed by atoms with Crippen LogP contribution in [0.25, 0.3) is 0 Å². The second-order valence-corrected chi connectivity index (χ2v) is 2.80. The fourth-order valence-electron chi connectivity index (χ4n) is 1.23. The van der Waals surface area contributed by atoms with Gasteiger partial charge in [-0.1, -0.05) is 12.1 Å². The number of hydrogen-bond donors (Lipinski definition) is 1. The van der Waals surface area contributed by atoms with Crippen molar-refractivity contribution in [1.82, 2.24) is 0 Å². The third-order valence-corrected chi connectivity index (χ3v) is 1.85. The Labute approximate surface area is 75.8 Å². The maximum Gasteiger partial charge on any atom is 0.189 e. The summed E-state index contributed by atoms with van der Waals surface area (Å²) in [4.78, 5) is 11.4. The van der Waals surface area contributed by atoms with Crippen molar-refractivity contribution in [1.29, 1.82) is 0 Å². The summed E-state index contributed by atoms with van der Waals surface area (Å²) < 4.78 is 5.30. The Morgan fingerprint density at radius 1 is 1.31 bits per heavy atom. The smallest absolute Gasteiger partial charge is 0.189 e. The van der Waals surface area contributed by atoms with Gasteiger partial charge in [0.15, 0.2) is 12.0 Å². The van der Waals surface area contributed by atoms with Gasteiger partial charge in [0.2, 0.25) is 0 Å². The molecule has 0 aliphatic carbocycles. The van der Waals surface area contributed by atoms with Gasteiger partial charge in [-0.2, -0.15) is 0 Å². The first-order valence-electron chi connectivity index (χ1n) is 4.01. The molecule has 1 aromatic rings. The van der Waals surface area contributed by atoms with Crippen LogP contribution in [-0.2, 0) is 0 Å². The van der Waals surface area contributed by atoms with Crippen molar-refractivity contribution < 1.29 is 9.53 Å². The van der Waals surface area contributed by atoms with Gasteiger partial charge in [0, 0.05) is 0 Å². The van der Waals surface area contributed by atoms with Crippen molar-refractivity contribution in [2.45, 2.75) is 6.23 Å². The van der Waals surface area contributed by atoms with Crippen LogP contribution in [0, 0.1) is 0 Å². The lowest BCUT2D eigenvalue weighted by Gasteiger charge is -2.09. The number of carbonyl (C=O) groups excluding carboxylic acids is 1. The summed E-state index contributed by atoms with van der Waals surface area (Å²) in [6.45, 7) is 0. The number of carbonyl (C=O) groups is 1. The zero-order chi connectivity index (χ0) is 9.26. The molecule has 0 saturated carbocycles. The number of benzene rings is 1. The quantitative estimate of drug-likeness (QED) is 0.642. The van der Waals surface area contributed by atoms with E-state index in [1.54, 1.807) is 24.3 Å². The molecule has 0 amide bonds. The molecule has 0 saturated heterocycles. The van der Waals surface area contributed by atoms with Gasteiger partial charge in [-0.05, 0) is 24.3 Å². The Bertz CT molecular complexity index is 371. The second kappa shape index (κ2) is 3.03. The molecule has 0 spiro atoms. The summed E-state index contributed by atoms with van der Waals surface area (Å²) in [7, 11) is 0. The average molecular weight is 175 g/mol. The van der Waals surface area contributed by atoms with E-state index in [-0.39, 0.29) is 5.78 Å². The van der Waals surface area contributed by atoms with Crippen molar-refractivity contribution in [3.63, 3.8) is 0 Å². The third-order valence-electron chi connectivity index (χ3n) is 1.85. The molecule has 0 radical (unpaired) electrons. The standard InChI is InChI=1S/C10H9NO2/c11-10-6-5-8(12)7-3-1-2-4-9(7)13-10/h1-6,10H,11H2. The summed E-state index contributed by atoms with van der Waals surface area (Å²) in [6.07, 6.45) is 2.45. The molecule has 1 aliphatic heterocycles. The molecule has 1 unspecified atom stereocenters. The summed E-state index contributed by atoms with van der Waals surface area (Å²) in [5, 5.41) is 0. The topological polar surface area (TPSA) is 52.3 Å². The second-order valence-electron chi connectivity index (χ2n) is 2.80. The van der Waals surface area contributed by atoms with E-state index < -0.39 is 6.23 Å². The third kappa shape index (κ3) is 1.46. The number of nitrogens with two attached hydrogens (primary N) is 1. The molecule has 1 atom stereocenters. The van der Waals surface area contributed by atoms with E-state index >= 15 is 0 Å². The molecule has 3 heteroatoms. The molecule has 0 fully saturated rings. The van der Waals surface area contributed by atoms with E-state index in [0.717, 1.165) is 0 Å². The molecule has 1 aliphatic rings. The summed E-state index contributed by atoms with van der Waals surface area (Å²) in [5.74, 6) is 0.480. The minimum Gasteiger partial charge on any atom is -0.471 e. The first-order chi connectivity index (χ1) is 6.27. The number of ether oxygens (including phenoxy) is 1. The van der Waals surface area contributed by atoms with Gasteiger partial charge in [-0.25, -0.2) is 0 Å². The van der Waals surface area contributed by atoms with Crippen LogP contribution in [0.5, 0.6) is 5.75 Å². The number of para-hydroxylation sites is 1. The van der Waals surface area contributed by atoms with E-state index in [9.17, 15) is 4.79 Å². The summed E-state index contributed by atoms with van der Waals surface area (Å²) in [6, 6.07) is 7.06. The lowest BCUT2D eigenvalue weighted by Crippen LogP contribution is -2.23. The van der Waals surface area contributed by atoms with Gasteiger partial charge < -0.3 is 4.74 Å². The van der Waals surface area contributed by atoms with Crippen LogP contribution < -0.4 is 10.5 Å². The van der Waals surface area contributed by atoms with Gasteiger partial charge in [-0.3, -0.25) is 10.5 Å². The van der Waals surface area contributed by atoms with Gasteiger partial charge in [-0.15, -0.1) is 0 Å². The lowest BCUT2D eigenvalue weighted by atomic mass is 10.1. The SMILES string of the molecule is NC1C=CC(=O)c2ccccc2O1. The molecule has 1 aromatic carbocycles. The molecule has 0 aromatic heterocycles. The van der Waals surface area contributed by atoms with Crippen LogP contribution in [0.3, 0.4) is 0 Å². The highest BCUT2D eigenvalue weighted by Crippen LogP contribution is 2.21. The number of hydrogen-bond acceptors (Lipinski definition) is 3. The van der Waals surface area contributed by atoms with Gasteiger partial charge >= 0.3 is 0 Å². The number of ketones is 1. The summed E-state index contributed by atoms with van der Waals surface area (Å²) in [5.41, 5.74) is 6.11. The minimum atomic E-state index is -0.535. The number of rotatable bonds is 0. The van der Waals surface area contributed by atoms with Crippen LogP contribution in [0.2, 0.25) is 0 Å². The zero-order valence-corrected chi connectivity index (χ0v) is 6.94. The normalized spacial score (nSPS) is 20.4. The molecule has 13 heavy (non-hydrogen) atoms. The molecular weight excluding hydrogens is 166 g/mol. The highest BCUT2D eigenvalue weighted by Gasteiger charge is 2.14. The molecular formula is C10H9NO2. The number of allylic oxidation sites excluding steroid dienone is 1. The first-order valence-corrected chi connectivity index (χ1v) is 4.01. The predicted molar refractivity (Wildman–Crippen MR) is 48.5 cm³/mol. The highest BCUT2D eigenvalue weighted by atomic mass is 16.5. The number of fused-ring (bicyclic) bond motifs is 1. The Morgan fingerprint density at radius 2 is 2.08 bits per heavy atom. The summed E-state index contributed by atoms with van der Waals surface area (Å²) >= 11 is 0. The highest BCUT2D eigenvalue weighted by molar-refractivity contribution is 6.06. The molecule has 0 bridgehead atoms. The van der Waals surface area contributed by atoms with Crippen molar-refractivity contribution in [3.05, 3.63) is 42.0 Å². The van der Waals surface area contributed by atoms with E-state index in [1.165, 1.54) is 6.08 Å². The maximum absolute atomic E-state index is 11.4. The Kier molecular flexibility index (Phi) is 1.87. The van der Waals surface area contributed by atoms with Gasteiger partial charge in [0.1, 0.15) is 5.75 Å². The van der Waals surface area contributed by atoms with Gasteiger partial charge in [0.25, 0.3) is 0 Å². The fourth-order valence-corrected chi connectivity index (χ4v) is 1.23. The zero-order valence-electron chi connectivity index (χ0n) is 6.94. The van der Waals surface area contributed by atoms with E-state index in [2.05, 4.69) is 0 Å². The fraction of sp³-hybridized carbons (Fsp3) is 0.100. The molecule has 2 rings (SSSR count). The Balaban J connectivity index is 2.51. The van der Waals surface area contributed by atoms with Gasteiger partial charge in [0.05, 0.1) is 5.56 Å². The van der Waals surface area contributed by atoms with E-state index in [1.807, 2.05) is 6.07 Å². The van der Waals surface area contributed by atoms with Crippen molar-refractivity contribution >= 4 is 5.78 Å². The first kappa shape index (κ1) is 8.01. The van der Waals surface area contributed by atoms with E-state index in [0.29, 0.717) is 11.3 Å². The molecule has 3 nitrogen and oxygen atoms in total. The Hall–Kier alpha value is -1.61. The monoisotopic (exact) mass is 175 g/mol. The minimum absolute atomic E-state index is 0.0662. The van der Waals surface area contributed by atoms with Crippen molar-refractivity contribution in [2.75, 3.05) is 0 Å². The van der Waals surface area contributed by atoms with E-state index in [4.69, 9.17) is 10.5 Å². The maximum atomic E-state index is 11.4. The van der Waals surface area contributed by atoms with Crippen LogP contribution in [0.4, 0.5) is 0 Å². The molecule has 2 N–H and O–H groups in total. The Morgan fingerprint density at radius 3 is 2.92 bits per heavy atom. The average Bonchev–Trinajstić information content (AvgIpc) is 2.27. The van der Waals surface area contributed by atoms with Crippen LogP contribution >= 0.6 is 0 Å². The van der Waals surface area contributed by atoms with Crippen LogP contribution in [-0.4, -0.2) is 12.0 Å². The lowest BCUT2D eigenvalue weighted by molar-refractivity contribution is 0.104. The largest absolute Gasteiger partial charge is 0.471 e. The molecule has 1 heterocycles. The van der Waals surface area contributed by atoms with Crippen LogP contribution in [0.15, 0.2) is 36.4 Å².